The predicted molar refractivity (Wildman–Crippen MR) is 129 cm³/mol. The predicted octanol–water partition coefficient (Wildman–Crippen LogP) is 4.15. The molecule has 3 rings (SSSR count). The number of hydrogen-bond donors (Lipinski definition) is 2. The fourth-order valence-electron chi connectivity index (χ4n) is 3.67. The van der Waals surface area contributed by atoms with Crippen LogP contribution >= 0.6 is 24.0 Å². The molecule has 2 aromatic rings. The van der Waals surface area contributed by atoms with E-state index in [0.29, 0.717) is 18.5 Å². The molecular weight excluding hydrogens is 477 g/mol. The topological polar surface area (TPSA) is 65.7 Å². The van der Waals surface area contributed by atoms with Crippen molar-refractivity contribution in [1.82, 2.24) is 20.5 Å². The Bertz CT molecular complexity index is 785. The van der Waals surface area contributed by atoms with Gasteiger partial charge in [0.1, 0.15) is 5.76 Å². The summed E-state index contributed by atoms with van der Waals surface area (Å²) in [5, 5.41) is 6.69. The van der Waals surface area contributed by atoms with Crippen molar-refractivity contribution in [2.45, 2.75) is 65.7 Å². The van der Waals surface area contributed by atoms with Crippen LogP contribution in [0.5, 0.6) is 0 Å². The molecule has 1 aliphatic rings. The van der Waals surface area contributed by atoms with Gasteiger partial charge in [-0.15, -0.1) is 24.0 Å². The van der Waals surface area contributed by atoms with E-state index >= 15 is 0 Å². The Morgan fingerprint density at radius 3 is 2.55 bits per heavy atom. The van der Waals surface area contributed by atoms with Crippen LogP contribution in [0.2, 0.25) is 0 Å². The summed E-state index contributed by atoms with van der Waals surface area (Å²) in [6.07, 6.45) is 3.96. The van der Waals surface area contributed by atoms with E-state index in [-0.39, 0.29) is 24.0 Å². The second-order valence-corrected chi connectivity index (χ2v) is 7.61. The fourth-order valence-corrected chi connectivity index (χ4v) is 3.67. The Labute approximate surface area is 191 Å². The van der Waals surface area contributed by atoms with E-state index in [1.54, 1.807) is 7.05 Å². The van der Waals surface area contributed by atoms with Crippen molar-refractivity contribution in [2.75, 3.05) is 13.6 Å². The minimum atomic E-state index is 0. The number of guanidine groups is 1. The van der Waals surface area contributed by atoms with Crippen LogP contribution in [0.25, 0.3) is 0 Å². The molecule has 1 aromatic heterocycles. The van der Waals surface area contributed by atoms with Crippen molar-refractivity contribution in [2.24, 2.45) is 4.99 Å². The summed E-state index contributed by atoms with van der Waals surface area (Å²) in [7, 11) is 1.78. The number of aromatic nitrogens is 1. The third kappa shape index (κ3) is 6.70. The Morgan fingerprint density at radius 2 is 1.90 bits per heavy atom. The van der Waals surface area contributed by atoms with Gasteiger partial charge >= 0.3 is 0 Å². The molecule has 1 atom stereocenters. The van der Waals surface area contributed by atoms with Crippen molar-refractivity contribution < 1.29 is 4.42 Å². The van der Waals surface area contributed by atoms with E-state index in [9.17, 15) is 0 Å². The smallest absolute Gasteiger partial charge is 0.214 e. The average Bonchev–Trinajstić information content (AvgIpc) is 3.02. The summed E-state index contributed by atoms with van der Waals surface area (Å²) < 4.78 is 5.62. The molecule has 1 aliphatic heterocycles. The maximum Gasteiger partial charge on any atom is 0.214 e. The molecular formula is C22H34IN5O. The maximum absolute atomic E-state index is 5.62. The molecule has 6 nitrogen and oxygen atoms in total. The molecule has 0 saturated carbocycles. The molecule has 2 N–H and O–H groups in total. The number of hydrogen-bond acceptors (Lipinski definition) is 4. The Kier molecular flexibility index (Phi) is 9.42. The highest BCUT2D eigenvalue weighted by atomic mass is 127. The molecule has 0 aliphatic carbocycles. The third-order valence-corrected chi connectivity index (χ3v) is 5.58. The lowest BCUT2D eigenvalue weighted by molar-refractivity contribution is 0.152. The molecule has 2 heterocycles. The summed E-state index contributed by atoms with van der Waals surface area (Å²) in [6, 6.07) is 9.34. The number of nitrogens with zero attached hydrogens (tertiary/aromatic N) is 3. The minimum absolute atomic E-state index is 0. The van der Waals surface area contributed by atoms with Crippen LogP contribution in [0.1, 0.15) is 54.7 Å². The largest absolute Gasteiger partial charge is 0.444 e. The van der Waals surface area contributed by atoms with Crippen LogP contribution < -0.4 is 10.6 Å². The molecule has 0 bridgehead atoms. The first kappa shape index (κ1) is 23.7. The van der Waals surface area contributed by atoms with Gasteiger partial charge in [0, 0.05) is 26.2 Å². The average molecular weight is 511 g/mol. The second-order valence-electron chi connectivity index (χ2n) is 7.61. The van der Waals surface area contributed by atoms with Gasteiger partial charge < -0.3 is 15.1 Å². The zero-order valence-corrected chi connectivity index (χ0v) is 20.3. The number of rotatable bonds is 6. The maximum atomic E-state index is 5.62. The summed E-state index contributed by atoms with van der Waals surface area (Å²) in [5.74, 6) is 2.28. The lowest BCUT2D eigenvalue weighted by Gasteiger charge is -2.33. The van der Waals surface area contributed by atoms with E-state index in [4.69, 9.17) is 4.42 Å². The van der Waals surface area contributed by atoms with Gasteiger partial charge in [-0.3, -0.25) is 9.89 Å². The van der Waals surface area contributed by atoms with Gasteiger partial charge in [0.15, 0.2) is 5.96 Å². The van der Waals surface area contributed by atoms with Crippen LogP contribution in [0.3, 0.4) is 0 Å². The molecule has 1 aromatic carbocycles. The Morgan fingerprint density at radius 1 is 1.17 bits per heavy atom. The molecule has 0 spiro atoms. The zero-order chi connectivity index (χ0) is 19.9. The fraction of sp³-hybridized carbons (Fsp3) is 0.545. The highest BCUT2D eigenvalue weighted by Gasteiger charge is 2.19. The van der Waals surface area contributed by atoms with Gasteiger partial charge in [-0.05, 0) is 51.3 Å². The number of likely N-dealkylation sites (tertiary alicyclic amines) is 1. The molecule has 1 saturated heterocycles. The highest BCUT2D eigenvalue weighted by Crippen LogP contribution is 2.20. The number of oxazole rings is 1. The van der Waals surface area contributed by atoms with Gasteiger partial charge in [0.25, 0.3) is 0 Å². The van der Waals surface area contributed by atoms with Gasteiger partial charge in [0.2, 0.25) is 5.89 Å². The van der Waals surface area contributed by atoms with Gasteiger partial charge in [-0.1, -0.05) is 30.7 Å². The quantitative estimate of drug-likeness (QED) is 0.347. The number of halogens is 1. The summed E-state index contributed by atoms with van der Waals surface area (Å²) >= 11 is 0. The van der Waals surface area contributed by atoms with E-state index < -0.39 is 0 Å². The SMILES string of the molecule is CN=C(NCc1nc(C)c(C)o1)NCc1ccccc1CN1CCCCC1C.I. The zero-order valence-electron chi connectivity index (χ0n) is 18.0. The first-order valence-electron chi connectivity index (χ1n) is 10.2. The van der Waals surface area contributed by atoms with E-state index in [1.165, 1.54) is 36.9 Å². The van der Waals surface area contributed by atoms with Crippen molar-refractivity contribution in [3.63, 3.8) is 0 Å². The molecule has 0 amide bonds. The number of piperidine rings is 1. The number of aryl methyl sites for hydroxylation is 2. The lowest BCUT2D eigenvalue weighted by atomic mass is 10.0. The summed E-state index contributed by atoms with van der Waals surface area (Å²) in [4.78, 5) is 11.3. The number of nitrogens with one attached hydrogen (secondary N) is 2. The summed E-state index contributed by atoms with van der Waals surface area (Å²) in [5.41, 5.74) is 3.63. The molecule has 160 valence electrons. The summed E-state index contributed by atoms with van der Waals surface area (Å²) in [6.45, 7) is 9.69. The first-order valence-corrected chi connectivity index (χ1v) is 10.2. The van der Waals surface area contributed by atoms with E-state index in [0.717, 1.165) is 30.5 Å². The first-order chi connectivity index (χ1) is 13.6. The molecule has 29 heavy (non-hydrogen) atoms. The van der Waals surface area contributed by atoms with Crippen LogP contribution in [-0.2, 0) is 19.6 Å². The van der Waals surface area contributed by atoms with Crippen LogP contribution in [0, 0.1) is 13.8 Å². The standard InChI is InChI=1S/C22H33N5O.HI/c1-16-9-7-8-12-27(16)15-20-11-6-5-10-19(20)13-24-22(23-4)25-14-21-26-17(2)18(3)28-21;/h5-6,10-11,16H,7-9,12-15H2,1-4H3,(H2,23,24,25);1H. The van der Waals surface area contributed by atoms with Crippen molar-refractivity contribution in [1.29, 1.82) is 0 Å². The Hall–Kier alpha value is -1.61. The molecule has 0 radical (unpaired) electrons. The van der Waals surface area contributed by atoms with Crippen molar-refractivity contribution in [3.8, 4) is 0 Å². The highest BCUT2D eigenvalue weighted by molar-refractivity contribution is 14.0. The monoisotopic (exact) mass is 511 g/mol. The van der Waals surface area contributed by atoms with Crippen LogP contribution in [0.15, 0.2) is 33.7 Å². The van der Waals surface area contributed by atoms with E-state index in [1.807, 2.05) is 13.8 Å². The van der Waals surface area contributed by atoms with Crippen molar-refractivity contribution in [3.05, 3.63) is 52.7 Å². The molecule has 1 fully saturated rings. The van der Waals surface area contributed by atoms with Crippen LogP contribution in [-0.4, -0.2) is 35.5 Å². The van der Waals surface area contributed by atoms with Gasteiger partial charge in [0.05, 0.1) is 12.2 Å². The Balaban J connectivity index is 0.00000300. The number of aliphatic imine (C=N–C) groups is 1. The third-order valence-electron chi connectivity index (χ3n) is 5.58. The number of benzene rings is 1. The second kappa shape index (κ2) is 11.5. The minimum Gasteiger partial charge on any atom is -0.444 e. The normalized spacial score (nSPS) is 17.7. The lowest BCUT2D eigenvalue weighted by Crippen LogP contribution is -2.38. The van der Waals surface area contributed by atoms with Gasteiger partial charge in [-0.2, -0.15) is 0 Å². The van der Waals surface area contributed by atoms with Crippen LogP contribution in [0.4, 0.5) is 0 Å². The van der Waals surface area contributed by atoms with E-state index in [2.05, 4.69) is 56.7 Å². The van der Waals surface area contributed by atoms with Crippen molar-refractivity contribution >= 4 is 29.9 Å². The van der Waals surface area contributed by atoms with Gasteiger partial charge in [-0.25, -0.2) is 4.98 Å². The molecule has 7 heteroatoms. The molecule has 1 unspecified atom stereocenters.